The van der Waals surface area contributed by atoms with Crippen LogP contribution >= 0.6 is 0 Å². The molecule has 1 aliphatic rings. The number of benzene rings is 4. The third kappa shape index (κ3) is 5.47. The molecule has 0 saturated carbocycles. The fourth-order valence-corrected chi connectivity index (χ4v) is 6.56. The Morgan fingerprint density at radius 3 is 1.69 bits per heavy atom. The lowest BCUT2D eigenvalue weighted by Gasteiger charge is -2.25. The number of ether oxygens (including phenoxy) is 1. The quantitative estimate of drug-likeness (QED) is 0.209. The van der Waals surface area contributed by atoms with Gasteiger partial charge in [0.1, 0.15) is 22.6 Å². The second-order valence-corrected chi connectivity index (χ2v) is 11.9. The molecule has 4 aromatic carbocycles. The molecule has 5 rings (SSSR count). The lowest BCUT2D eigenvalue weighted by atomic mass is 9.98. The van der Waals surface area contributed by atoms with Crippen LogP contribution in [0.3, 0.4) is 0 Å². The maximum atomic E-state index is 13.8. The summed E-state index contributed by atoms with van der Waals surface area (Å²) in [6, 6.07) is 39.5. The fraction of sp³-hybridized carbons (Fsp3) is 0.0857. The molecular weight excluding hydrogens is 542 g/mol. The highest BCUT2D eigenvalue weighted by atomic mass is 32.2. The van der Waals surface area contributed by atoms with Crippen molar-refractivity contribution in [3.05, 3.63) is 149 Å². The molecule has 0 N–H and O–H groups in total. The van der Waals surface area contributed by atoms with Gasteiger partial charge in [-0.15, -0.1) is 0 Å². The predicted molar refractivity (Wildman–Crippen MR) is 164 cm³/mol. The van der Waals surface area contributed by atoms with Gasteiger partial charge in [0.05, 0.1) is 4.90 Å². The van der Waals surface area contributed by atoms with Gasteiger partial charge in [-0.2, -0.15) is 10.5 Å². The number of hydrogen-bond acceptors (Lipinski definition) is 6. The molecule has 4 aromatic rings. The number of allylic oxidation sites excluding steroid dienone is 1. The Labute approximate surface area is 246 Å². The summed E-state index contributed by atoms with van der Waals surface area (Å²) in [5.74, 6) is -0.231. The van der Waals surface area contributed by atoms with Crippen molar-refractivity contribution in [3.63, 3.8) is 0 Å². The van der Waals surface area contributed by atoms with E-state index in [1.54, 1.807) is 50.3 Å². The van der Waals surface area contributed by atoms with Crippen LogP contribution in [-0.4, -0.2) is 14.0 Å². The van der Waals surface area contributed by atoms with Crippen molar-refractivity contribution < 1.29 is 13.2 Å². The Morgan fingerprint density at radius 1 is 0.714 bits per heavy atom. The van der Waals surface area contributed by atoms with Gasteiger partial charge in [0.15, 0.2) is 11.3 Å². The summed E-state index contributed by atoms with van der Waals surface area (Å²) in [6.07, 6.45) is 3.50. The van der Waals surface area contributed by atoms with Crippen LogP contribution in [0, 0.1) is 22.7 Å². The molecule has 0 saturated heterocycles. The Bertz CT molecular complexity index is 1820. The van der Waals surface area contributed by atoms with Gasteiger partial charge in [0, 0.05) is 22.6 Å². The highest BCUT2D eigenvalue weighted by molar-refractivity contribution is 7.95. The zero-order chi connectivity index (χ0) is 29.7. The number of nitriles is 2. The van der Waals surface area contributed by atoms with Crippen LogP contribution in [0.15, 0.2) is 148 Å². The molecule has 0 radical (unpaired) electrons. The molecule has 1 heterocycles. The third-order valence-corrected chi connectivity index (χ3v) is 8.69. The minimum Gasteiger partial charge on any atom is -0.480 e. The van der Waals surface area contributed by atoms with Crippen molar-refractivity contribution in [1.82, 2.24) is 0 Å². The van der Waals surface area contributed by atoms with Crippen molar-refractivity contribution in [1.29, 1.82) is 10.5 Å². The third-order valence-electron chi connectivity index (χ3n) is 6.85. The first-order valence-corrected chi connectivity index (χ1v) is 14.7. The molecule has 0 fully saturated rings. The predicted octanol–water partition coefficient (Wildman–Crippen LogP) is 8.01. The number of hydrogen-bond donors (Lipinski definition) is 0. The number of sulfone groups is 1. The normalized spacial score (nSPS) is 14.2. The van der Waals surface area contributed by atoms with Crippen molar-refractivity contribution in [3.8, 4) is 12.1 Å². The summed E-state index contributed by atoms with van der Waals surface area (Å²) in [5, 5.41) is 19.2. The Morgan fingerprint density at radius 2 is 1.19 bits per heavy atom. The first-order chi connectivity index (χ1) is 20.3. The van der Waals surface area contributed by atoms with Crippen molar-refractivity contribution in [2.45, 2.75) is 24.3 Å². The van der Waals surface area contributed by atoms with Crippen LogP contribution in [0.25, 0.3) is 6.08 Å². The van der Waals surface area contributed by atoms with E-state index >= 15 is 0 Å². The Hall–Kier alpha value is -5.37. The van der Waals surface area contributed by atoms with Crippen LogP contribution in [0.4, 0.5) is 17.1 Å². The van der Waals surface area contributed by atoms with E-state index in [9.17, 15) is 18.9 Å². The lowest BCUT2D eigenvalue weighted by Crippen LogP contribution is -2.21. The van der Waals surface area contributed by atoms with Gasteiger partial charge in [-0.3, -0.25) is 0 Å². The van der Waals surface area contributed by atoms with Crippen molar-refractivity contribution in [2.75, 3.05) is 4.90 Å². The topological polar surface area (TPSA) is 94.2 Å². The second-order valence-electron chi connectivity index (χ2n) is 10.0. The molecule has 0 atom stereocenters. The van der Waals surface area contributed by atoms with Crippen LogP contribution in [-0.2, 0) is 14.6 Å². The second kappa shape index (κ2) is 11.6. The van der Waals surface area contributed by atoms with Crippen molar-refractivity contribution >= 4 is 33.0 Å². The van der Waals surface area contributed by atoms with Gasteiger partial charge in [-0.1, -0.05) is 78.9 Å². The smallest absolute Gasteiger partial charge is 0.210 e. The van der Waals surface area contributed by atoms with E-state index in [-0.39, 0.29) is 15.6 Å². The fourth-order valence-electron chi connectivity index (χ4n) is 4.82. The average molecular weight is 570 g/mol. The van der Waals surface area contributed by atoms with E-state index < -0.39 is 21.0 Å². The van der Waals surface area contributed by atoms with E-state index in [0.29, 0.717) is 5.57 Å². The molecule has 0 spiro atoms. The summed E-state index contributed by atoms with van der Waals surface area (Å²) in [5.41, 5.74) is 2.66. The monoisotopic (exact) mass is 569 g/mol. The van der Waals surface area contributed by atoms with Gasteiger partial charge < -0.3 is 9.64 Å². The van der Waals surface area contributed by atoms with Crippen molar-refractivity contribution in [2.24, 2.45) is 0 Å². The molecule has 206 valence electrons. The highest BCUT2D eigenvalue weighted by Gasteiger charge is 2.44. The first-order valence-electron chi connectivity index (χ1n) is 13.2. The molecule has 6 nitrogen and oxygen atoms in total. The number of rotatable bonds is 7. The standard InChI is InChI=1S/C35H27N3O3S/c1-35(2)32(34(33(41-35)27(24-36)25-37)42(39,40)31-16-10-5-11-17-31)23-20-26-18-21-30(22-19-26)38(28-12-6-3-7-13-28)29-14-8-4-9-15-29/h3-23H,1-2H3/b23-20+. The maximum absolute atomic E-state index is 13.8. The van der Waals surface area contributed by atoms with Gasteiger partial charge in [0.2, 0.25) is 9.84 Å². The van der Waals surface area contributed by atoms with E-state index in [4.69, 9.17) is 4.74 Å². The summed E-state index contributed by atoms with van der Waals surface area (Å²) >= 11 is 0. The summed E-state index contributed by atoms with van der Waals surface area (Å²) in [4.78, 5) is 2.02. The van der Waals surface area contributed by atoms with Gasteiger partial charge in [0.25, 0.3) is 0 Å². The molecule has 0 aromatic heterocycles. The molecule has 1 aliphatic heterocycles. The Kier molecular flexibility index (Phi) is 7.80. The molecule has 7 heteroatoms. The summed E-state index contributed by atoms with van der Waals surface area (Å²) < 4.78 is 33.7. The molecule has 0 bridgehead atoms. The number of anilines is 3. The summed E-state index contributed by atoms with van der Waals surface area (Å²) in [7, 11) is -4.12. The zero-order valence-corrected chi connectivity index (χ0v) is 23.9. The van der Waals surface area contributed by atoms with Gasteiger partial charge in [-0.05, 0) is 67.9 Å². The SMILES string of the molecule is CC1(C)OC(=C(C#N)C#N)C(S(=O)(=O)c2ccccc2)=C1/C=C/c1ccc(N(c2ccccc2)c2ccccc2)cc1. The number of nitrogens with zero attached hydrogens (tertiary/aromatic N) is 3. The van der Waals surface area contributed by atoms with E-state index in [0.717, 1.165) is 22.6 Å². The highest BCUT2D eigenvalue weighted by Crippen LogP contribution is 2.45. The molecule has 42 heavy (non-hydrogen) atoms. The van der Waals surface area contributed by atoms with E-state index in [2.05, 4.69) is 4.90 Å². The average Bonchev–Trinajstić information content (AvgIpc) is 3.29. The lowest BCUT2D eigenvalue weighted by molar-refractivity contribution is 0.0956. The van der Waals surface area contributed by atoms with E-state index in [1.165, 1.54) is 12.1 Å². The van der Waals surface area contributed by atoms with Crippen LogP contribution in [0.2, 0.25) is 0 Å². The molecule has 0 unspecified atom stereocenters. The Balaban J connectivity index is 1.58. The van der Waals surface area contributed by atoms with Crippen LogP contribution in [0.1, 0.15) is 19.4 Å². The largest absolute Gasteiger partial charge is 0.480 e. The van der Waals surface area contributed by atoms with Crippen LogP contribution < -0.4 is 4.90 Å². The summed E-state index contributed by atoms with van der Waals surface area (Å²) in [6.45, 7) is 3.43. The minimum atomic E-state index is -4.12. The maximum Gasteiger partial charge on any atom is 0.210 e. The molecular formula is C35H27N3O3S. The van der Waals surface area contributed by atoms with Gasteiger partial charge >= 0.3 is 0 Å². The van der Waals surface area contributed by atoms with Crippen LogP contribution in [0.5, 0.6) is 0 Å². The van der Waals surface area contributed by atoms with Gasteiger partial charge in [-0.25, -0.2) is 8.42 Å². The molecule has 0 aliphatic carbocycles. The van der Waals surface area contributed by atoms with E-state index in [1.807, 2.05) is 91.0 Å². The zero-order valence-electron chi connectivity index (χ0n) is 23.1. The first kappa shape index (κ1) is 28.2. The molecule has 0 amide bonds. The minimum absolute atomic E-state index is 0.0474. The number of para-hydroxylation sites is 2.